The van der Waals surface area contributed by atoms with E-state index in [-0.39, 0.29) is 35.9 Å². The summed E-state index contributed by atoms with van der Waals surface area (Å²) in [5, 5.41) is 0. The van der Waals surface area contributed by atoms with Gasteiger partial charge in [-0.1, -0.05) is 13.3 Å². The Balaban J connectivity index is 1.81. The molecule has 3 aliphatic rings. The van der Waals surface area contributed by atoms with Gasteiger partial charge in [0.1, 0.15) is 0 Å². The van der Waals surface area contributed by atoms with E-state index in [1.807, 2.05) is 0 Å². The Labute approximate surface area is 94.9 Å². The molecule has 4 nitrogen and oxygen atoms in total. The number of rotatable bonds is 3. The predicted molar refractivity (Wildman–Crippen MR) is 56.5 cm³/mol. The molecule has 3 fully saturated rings. The maximum Gasteiger partial charge on any atom is 0.235 e. The van der Waals surface area contributed by atoms with Crippen LogP contribution in [0.1, 0.15) is 32.6 Å². The number of carbonyl (C=O) groups is 2. The number of hydrogen-bond donors (Lipinski definition) is 0. The highest BCUT2D eigenvalue weighted by molar-refractivity contribution is 6.06. The Bertz CT molecular complexity index is 313. The van der Waals surface area contributed by atoms with Crippen LogP contribution in [0.4, 0.5) is 0 Å². The number of amides is 2. The first kappa shape index (κ1) is 10.3. The van der Waals surface area contributed by atoms with E-state index in [4.69, 9.17) is 4.74 Å². The average Bonchev–Trinajstić information content (AvgIpc) is 2.92. The smallest absolute Gasteiger partial charge is 0.235 e. The summed E-state index contributed by atoms with van der Waals surface area (Å²) in [6, 6.07) is 0. The molecule has 2 amide bonds. The molecule has 0 N–H and O–H groups in total. The van der Waals surface area contributed by atoms with Crippen LogP contribution >= 0.6 is 0 Å². The van der Waals surface area contributed by atoms with Gasteiger partial charge in [0.25, 0.3) is 0 Å². The molecule has 3 saturated heterocycles. The quantitative estimate of drug-likeness (QED) is 0.669. The molecule has 0 unspecified atom stereocenters. The lowest BCUT2D eigenvalue weighted by Gasteiger charge is -2.16. The minimum absolute atomic E-state index is 0.0238. The van der Waals surface area contributed by atoms with Crippen molar-refractivity contribution in [1.82, 2.24) is 4.90 Å². The van der Waals surface area contributed by atoms with Gasteiger partial charge in [-0.2, -0.15) is 0 Å². The maximum atomic E-state index is 12.1. The van der Waals surface area contributed by atoms with Crippen molar-refractivity contribution in [3.05, 3.63) is 0 Å². The fourth-order valence-electron chi connectivity index (χ4n) is 3.31. The summed E-state index contributed by atoms with van der Waals surface area (Å²) in [4.78, 5) is 25.7. The highest BCUT2D eigenvalue weighted by Crippen LogP contribution is 2.48. The summed E-state index contributed by atoms with van der Waals surface area (Å²) >= 11 is 0. The average molecular weight is 223 g/mol. The van der Waals surface area contributed by atoms with E-state index in [9.17, 15) is 9.59 Å². The zero-order valence-corrected chi connectivity index (χ0v) is 9.52. The minimum Gasteiger partial charge on any atom is -0.373 e. The highest BCUT2D eigenvalue weighted by atomic mass is 16.5. The van der Waals surface area contributed by atoms with Crippen LogP contribution in [-0.4, -0.2) is 35.5 Å². The van der Waals surface area contributed by atoms with Gasteiger partial charge in [0.05, 0.1) is 24.0 Å². The van der Waals surface area contributed by atoms with Crippen LogP contribution < -0.4 is 0 Å². The predicted octanol–water partition coefficient (Wildman–Crippen LogP) is 0.949. The molecule has 0 aliphatic carbocycles. The third-order valence-electron chi connectivity index (χ3n) is 4.11. The first-order valence-corrected chi connectivity index (χ1v) is 6.24. The SMILES string of the molecule is CCCCN1C(=O)[C@H]2[C@H](C1=O)[C@H]1CC[C@H]2O1. The normalized spacial score (nSPS) is 40.9. The fourth-order valence-corrected chi connectivity index (χ4v) is 3.31. The molecular weight excluding hydrogens is 206 g/mol. The molecule has 0 aromatic heterocycles. The standard InChI is InChI=1S/C12H17NO3/c1-2-3-6-13-11(14)9-7-4-5-8(16-7)10(9)12(13)15/h7-10H,2-6H2,1H3/t7-,8-,9-,10-/m1/s1. The van der Waals surface area contributed by atoms with E-state index in [2.05, 4.69) is 6.92 Å². The van der Waals surface area contributed by atoms with Crippen LogP contribution in [0, 0.1) is 11.8 Å². The zero-order valence-electron chi connectivity index (χ0n) is 9.52. The van der Waals surface area contributed by atoms with Crippen LogP contribution in [0.15, 0.2) is 0 Å². The van der Waals surface area contributed by atoms with Gasteiger partial charge < -0.3 is 4.74 Å². The van der Waals surface area contributed by atoms with E-state index >= 15 is 0 Å². The van der Waals surface area contributed by atoms with Gasteiger partial charge in [-0.05, 0) is 19.3 Å². The molecule has 0 aromatic carbocycles. The summed E-state index contributed by atoms with van der Waals surface area (Å²) in [5.74, 6) is -0.252. The Morgan fingerprint density at radius 2 is 1.75 bits per heavy atom. The molecule has 0 spiro atoms. The zero-order chi connectivity index (χ0) is 11.3. The molecule has 3 rings (SSSR count). The summed E-state index contributed by atoms with van der Waals surface area (Å²) in [7, 11) is 0. The molecule has 2 bridgehead atoms. The van der Waals surface area contributed by atoms with Gasteiger partial charge in [-0.15, -0.1) is 0 Å². The molecule has 0 radical (unpaired) electrons. The van der Waals surface area contributed by atoms with Gasteiger partial charge >= 0.3 is 0 Å². The second-order valence-corrected chi connectivity index (χ2v) is 5.02. The highest BCUT2D eigenvalue weighted by Gasteiger charge is 2.61. The lowest BCUT2D eigenvalue weighted by Crippen LogP contribution is -2.34. The van der Waals surface area contributed by atoms with Gasteiger partial charge in [0.15, 0.2) is 0 Å². The number of imide groups is 1. The first-order valence-electron chi connectivity index (χ1n) is 6.24. The van der Waals surface area contributed by atoms with Crippen molar-refractivity contribution in [2.75, 3.05) is 6.54 Å². The van der Waals surface area contributed by atoms with Crippen LogP contribution in [0.25, 0.3) is 0 Å². The summed E-state index contributed by atoms with van der Waals surface area (Å²) in [5.41, 5.74) is 0. The fraction of sp³-hybridized carbons (Fsp3) is 0.833. The van der Waals surface area contributed by atoms with Gasteiger partial charge in [0.2, 0.25) is 11.8 Å². The van der Waals surface area contributed by atoms with Crippen molar-refractivity contribution in [3.8, 4) is 0 Å². The van der Waals surface area contributed by atoms with E-state index in [0.717, 1.165) is 25.7 Å². The van der Waals surface area contributed by atoms with Crippen LogP contribution in [0.2, 0.25) is 0 Å². The third kappa shape index (κ3) is 1.19. The number of ether oxygens (including phenoxy) is 1. The summed E-state index contributed by atoms with van der Waals surface area (Å²) in [6.07, 6.45) is 3.87. The first-order chi connectivity index (χ1) is 7.74. The van der Waals surface area contributed by atoms with Gasteiger partial charge in [-0.3, -0.25) is 14.5 Å². The second-order valence-electron chi connectivity index (χ2n) is 5.02. The number of fused-ring (bicyclic) bond motifs is 5. The molecule has 3 aliphatic heterocycles. The molecule has 88 valence electrons. The van der Waals surface area contributed by atoms with E-state index in [0.29, 0.717) is 6.54 Å². The van der Waals surface area contributed by atoms with Crippen molar-refractivity contribution >= 4 is 11.8 Å². The lowest BCUT2D eigenvalue weighted by molar-refractivity contribution is -0.142. The maximum absolute atomic E-state index is 12.1. The number of unbranched alkanes of at least 4 members (excludes halogenated alkanes) is 1. The van der Waals surface area contributed by atoms with Crippen molar-refractivity contribution in [2.24, 2.45) is 11.8 Å². The minimum atomic E-state index is -0.150. The lowest BCUT2D eigenvalue weighted by atomic mass is 9.81. The molecule has 16 heavy (non-hydrogen) atoms. The second kappa shape index (κ2) is 3.55. The summed E-state index contributed by atoms with van der Waals surface area (Å²) < 4.78 is 5.66. The van der Waals surface area contributed by atoms with Crippen molar-refractivity contribution < 1.29 is 14.3 Å². The van der Waals surface area contributed by atoms with Gasteiger partial charge in [0, 0.05) is 6.54 Å². The molecular formula is C12H17NO3. The summed E-state index contributed by atoms with van der Waals surface area (Å²) in [6.45, 7) is 2.67. The van der Waals surface area contributed by atoms with Crippen LogP contribution in [0.5, 0.6) is 0 Å². The molecule has 0 saturated carbocycles. The molecule has 4 heteroatoms. The number of carbonyl (C=O) groups excluding carboxylic acids is 2. The van der Waals surface area contributed by atoms with Crippen LogP contribution in [-0.2, 0) is 14.3 Å². The Morgan fingerprint density at radius 1 is 1.19 bits per heavy atom. The number of likely N-dealkylation sites (tertiary alicyclic amines) is 1. The Kier molecular flexibility index (Phi) is 2.28. The molecule has 0 aromatic rings. The monoisotopic (exact) mass is 223 g/mol. The topological polar surface area (TPSA) is 46.6 Å². The van der Waals surface area contributed by atoms with E-state index < -0.39 is 0 Å². The van der Waals surface area contributed by atoms with Gasteiger partial charge in [-0.25, -0.2) is 0 Å². The molecule has 3 heterocycles. The van der Waals surface area contributed by atoms with Crippen molar-refractivity contribution in [3.63, 3.8) is 0 Å². The van der Waals surface area contributed by atoms with E-state index in [1.54, 1.807) is 0 Å². The van der Waals surface area contributed by atoms with Crippen LogP contribution in [0.3, 0.4) is 0 Å². The van der Waals surface area contributed by atoms with Crippen molar-refractivity contribution in [2.45, 2.75) is 44.8 Å². The Morgan fingerprint density at radius 3 is 2.25 bits per heavy atom. The molecule has 4 atom stereocenters. The van der Waals surface area contributed by atoms with Crippen molar-refractivity contribution in [1.29, 1.82) is 0 Å². The van der Waals surface area contributed by atoms with E-state index in [1.165, 1.54) is 4.90 Å². The number of hydrogen-bond acceptors (Lipinski definition) is 3. The third-order valence-corrected chi connectivity index (χ3v) is 4.11. The Hall–Kier alpha value is -0.900. The largest absolute Gasteiger partial charge is 0.373 e. The number of nitrogens with zero attached hydrogens (tertiary/aromatic N) is 1.